The Morgan fingerprint density at radius 1 is 1.59 bits per heavy atom. The molecule has 6 heteroatoms. The molecular formula is C11H19ClN2O2S. The van der Waals surface area contributed by atoms with Crippen LogP contribution in [0.4, 0.5) is 0 Å². The first-order valence-electron chi connectivity index (χ1n) is 5.25. The Kier molecular flexibility index (Phi) is 7.38. The van der Waals surface area contributed by atoms with E-state index < -0.39 is 12.1 Å². The fourth-order valence-corrected chi connectivity index (χ4v) is 1.91. The van der Waals surface area contributed by atoms with Crippen LogP contribution < -0.4 is 11.1 Å². The number of nitrogens with two attached hydrogens (primary N) is 1. The highest BCUT2D eigenvalue weighted by molar-refractivity contribution is 7.07. The normalized spacial score (nSPS) is 13.9. The van der Waals surface area contributed by atoms with Gasteiger partial charge in [0.15, 0.2) is 0 Å². The first-order chi connectivity index (χ1) is 7.52. The zero-order valence-electron chi connectivity index (χ0n) is 9.92. The number of aliphatic hydroxyl groups is 1. The number of amides is 1. The highest BCUT2D eigenvalue weighted by Gasteiger charge is 2.18. The highest BCUT2D eigenvalue weighted by atomic mass is 35.5. The molecule has 98 valence electrons. The molecule has 1 aromatic heterocycles. The first-order valence-corrected chi connectivity index (χ1v) is 6.20. The smallest absolute Gasteiger partial charge is 0.237 e. The molecule has 0 bridgehead atoms. The first kappa shape index (κ1) is 16.4. The van der Waals surface area contributed by atoms with Gasteiger partial charge >= 0.3 is 0 Å². The van der Waals surface area contributed by atoms with Gasteiger partial charge in [0.1, 0.15) is 0 Å². The third kappa shape index (κ3) is 5.04. The van der Waals surface area contributed by atoms with E-state index in [1.165, 1.54) is 11.3 Å². The maximum Gasteiger partial charge on any atom is 0.237 e. The number of carbonyl (C=O) groups excluding carboxylic acids is 1. The summed E-state index contributed by atoms with van der Waals surface area (Å²) in [6.45, 7) is 3.98. The molecule has 0 aromatic carbocycles. The maximum atomic E-state index is 11.5. The van der Waals surface area contributed by atoms with Crippen molar-refractivity contribution >= 4 is 29.7 Å². The van der Waals surface area contributed by atoms with Crippen LogP contribution in [0.3, 0.4) is 0 Å². The second-order valence-corrected chi connectivity index (χ2v) is 4.87. The monoisotopic (exact) mass is 278 g/mol. The van der Waals surface area contributed by atoms with Crippen molar-refractivity contribution in [3.8, 4) is 0 Å². The average molecular weight is 279 g/mol. The number of thiophene rings is 1. The molecule has 0 saturated carbocycles. The van der Waals surface area contributed by atoms with E-state index in [0.29, 0.717) is 0 Å². The SMILES string of the molecule is CC(C)[C@H](N)C(=O)NCC(O)c1ccsc1.Cl. The second kappa shape index (κ2) is 7.66. The number of nitrogens with one attached hydrogen (secondary N) is 1. The van der Waals surface area contributed by atoms with Crippen LogP contribution in [0.25, 0.3) is 0 Å². The molecule has 0 saturated heterocycles. The lowest BCUT2D eigenvalue weighted by atomic mass is 10.0. The van der Waals surface area contributed by atoms with Crippen molar-refractivity contribution in [2.75, 3.05) is 6.54 Å². The molecule has 0 radical (unpaired) electrons. The van der Waals surface area contributed by atoms with Crippen LogP contribution in [-0.2, 0) is 4.79 Å². The Hall–Kier alpha value is -0.620. The second-order valence-electron chi connectivity index (χ2n) is 4.09. The highest BCUT2D eigenvalue weighted by Crippen LogP contribution is 2.15. The van der Waals surface area contributed by atoms with Crippen molar-refractivity contribution < 1.29 is 9.90 Å². The van der Waals surface area contributed by atoms with Crippen molar-refractivity contribution in [2.45, 2.75) is 26.0 Å². The Morgan fingerprint density at radius 2 is 2.24 bits per heavy atom. The van der Waals surface area contributed by atoms with Crippen LogP contribution in [-0.4, -0.2) is 23.6 Å². The van der Waals surface area contributed by atoms with Crippen molar-refractivity contribution in [3.63, 3.8) is 0 Å². The summed E-state index contributed by atoms with van der Waals surface area (Å²) >= 11 is 1.52. The van der Waals surface area contributed by atoms with Gasteiger partial charge in [0.05, 0.1) is 12.1 Å². The fraction of sp³-hybridized carbons (Fsp3) is 0.545. The summed E-state index contributed by atoms with van der Waals surface area (Å²) in [6, 6.07) is 1.32. The lowest BCUT2D eigenvalue weighted by Crippen LogP contribution is -2.45. The minimum Gasteiger partial charge on any atom is -0.387 e. The van der Waals surface area contributed by atoms with Gasteiger partial charge in [-0.15, -0.1) is 12.4 Å². The molecule has 0 spiro atoms. The van der Waals surface area contributed by atoms with Gasteiger partial charge in [0.25, 0.3) is 0 Å². The topological polar surface area (TPSA) is 75.4 Å². The summed E-state index contributed by atoms with van der Waals surface area (Å²) < 4.78 is 0. The minimum atomic E-state index is -0.658. The van der Waals surface area contributed by atoms with Gasteiger partial charge in [0, 0.05) is 6.54 Å². The van der Waals surface area contributed by atoms with Crippen molar-refractivity contribution in [1.82, 2.24) is 5.32 Å². The Balaban J connectivity index is 0.00000256. The molecule has 0 aliphatic carbocycles. The van der Waals surface area contributed by atoms with Crippen LogP contribution in [0, 0.1) is 5.92 Å². The van der Waals surface area contributed by atoms with E-state index >= 15 is 0 Å². The third-order valence-electron chi connectivity index (χ3n) is 2.42. The van der Waals surface area contributed by atoms with E-state index in [1.807, 2.05) is 30.7 Å². The molecule has 1 heterocycles. The number of hydrogen-bond acceptors (Lipinski definition) is 4. The standard InChI is InChI=1S/C11H18N2O2S.ClH/c1-7(2)10(12)11(15)13-5-9(14)8-3-4-16-6-8;/h3-4,6-7,9-10,14H,5,12H2,1-2H3,(H,13,15);1H/t9?,10-;/m0./s1. The molecule has 1 amide bonds. The summed E-state index contributed by atoms with van der Waals surface area (Å²) in [4.78, 5) is 11.5. The predicted octanol–water partition coefficient (Wildman–Crippen LogP) is 1.30. The van der Waals surface area contributed by atoms with Gasteiger partial charge in [-0.2, -0.15) is 11.3 Å². The van der Waals surface area contributed by atoms with Crippen molar-refractivity contribution in [3.05, 3.63) is 22.4 Å². The number of carbonyl (C=O) groups is 1. The van der Waals surface area contributed by atoms with E-state index in [-0.39, 0.29) is 30.8 Å². The number of aliphatic hydroxyl groups excluding tert-OH is 1. The minimum absolute atomic E-state index is 0. The summed E-state index contributed by atoms with van der Waals surface area (Å²) in [6.07, 6.45) is -0.658. The molecule has 0 aliphatic heterocycles. The summed E-state index contributed by atoms with van der Waals surface area (Å²) in [7, 11) is 0. The van der Waals surface area contributed by atoms with E-state index in [0.717, 1.165) is 5.56 Å². The van der Waals surface area contributed by atoms with Gasteiger partial charge in [0.2, 0.25) is 5.91 Å². The van der Waals surface area contributed by atoms with Crippen molar-refractivity contribution in [2.24, 2.45) is 11.7 Å². The number of halogens is 1. The van der Waals surface area contributed by atoms with Gasteiger partial charge in [-0.1, -0.05) is 13.8 Å². The molecular weight excluding hydrogens is 260 g/mol. The van der Waals surface area contributed by atoms with Gasteiger partial charge in [-0.3, -0.25) is 4.79 Å². The van der Waals surface area contributed by atoms with Gasteiger partial charge in [-0.05, 0) is 28.3 Å². The zero-order valence-corrected chi connectivity index (χ0v) is 11.6. The largest absolute Gasteiger partial charge is 0.387 e. The molecule has 0 aliphatic rings. The Bertz CT molecular complexity index is 330. The molecule has 1 unspecified atom stereocenters. The fourth-order valence-electron chi connectivity index (χ4n) is 1.20. The van der Waals surface area contributed by atoms with Crippen LogP contribution in [0.1, 0.15) is 25.5 Å². The molecule has 0 fully saturated rings. The summed E-state index contributed by atoms with van der Waals surface area (Å²) in [5, 5.41) is 16.1. The Morgan fingerprint density at radius 3 is 2.71 bits per heavy atom. The van der Waals surface area contributed by atoms with Crippen LogP contribution in [0.15, 0.2) is 16.8 Å². The predicted molar refractivity (Wildman–Crippen MR) is 72.3 cm³/mol. The van der Waals surface area contributed by atoms with E-state index in [9.17, 15) is 9.90 Å². The molecule has 1 aromatic rings. The number of rotatable bonds is 5. The van der Waals surface area contributed by atoms with E-state index in [4.69, 9.17) is 5.73 Å². The van der Waals surface area contributed by atoms with Crippen LogP contribution >= 0.6 is 23.7 Å². The third-order valence-corrected chi connectivity index (χ3v) is 3.12. The number of hydrogen-bond donors (Lipinski definition) is 3. The molecule has 17 heavy (non-hydrogen) atoms. The van der Waals surface area contributed by atoms with Crippen LogP contribution in [0.2, 0.25) is 0 Å². The quantitative estimate of drug-likeness (QED) is 0.760. The maximum absolute atomic E-state index is 11.5. The average Bonchev–Trinajstić information content (AvgIpc) is 2.77. The van der Waals surface area contributed by atoms with Crippen molar-refractivity contribution in [1.29, 1.82) is 0 Å². The lowest BCUT2D eigenvalue weighted by molar-refractivity contribution is -0.123. The van der Waals surface area contributed by atoms with Gasteiger partial charge in [-0.25, -0.2) is 0 Å². The molecule has 4 N–H and O–H groups in total. The zero-order chi connectivity index (χ0) is 12.1. The summed E-state index contributed by atoms with van der Waals surface area (Å²) in [5.41, 5.74) is 6.50. The molecule has 2 atom stereocenters. The van der Waals surface area contributed by atoms with Crippen LogP contribution in [0.5, 0.6) is 0 Å². The Labute approximate surface area is 112 Å². The lowest BCUT2D eigenvalue weighted by Gasteiger charge is -2.17. The molecule has 1 rings (SSSR count). The van der Waals surface area contributed by atoms with Gasteiger partial charge < -0.3 is 16.2 Å². The summed E-state index contributed by atoms with van der Waals surface area (Å²) in [5.74, 6) is -0.123. The van der Waals surface area contributed by atoms with E-state index in [1.54, 1.807) is 0 Å². The van der Waals surface area contributed by atoms with E-state index in [2.05, 4.69) is 5.32 Å². The molecule has 4 nitrogen and oxygen atoms in total.